The molecule has 0 aromatic carbocycles. The van der Waals surface area contributed by atoms with Crippen molar-refractivity contribution < 1.29 is 23.2 Å². The van der Waals surface area contributed by atoms with Crippen molar-refractivity contribution in [1.82, 2.24) is 10.1 Å². The van der Waals surface area contributed by atoms with Gasteiger partial charge in [0, 0.05) is 18.8 Å². The highest BCUT2D eigenvalue weighted by Gasteiger charge is 2.42. The van der Waals surface area contributed by atoms with E-state index in [4.69, 9.17) is 5.11 Å². The third-order valence-electron chi connectivity index (χ3n) is 2.39. The summed E-state index contributed by atoms with van der Waals surface area (Å²) in [4.78, 5) is 14.0. The van der Waals surface area contributed by atoms with Gasteiger partial charge in [0.15, 0.2) is 5.82 Å². The zero-order chi connectivity index (χ0) is 11.1. The van der Waals surface area contributed by atoms with E-state index < -0.39 is 23.7 Å². The lowest BCUT2D eigenvalue weighted by atomic mass is 10.1. The molecule has 0 aliphatic heterocycles. The minimum absolute atomic E-state index is 0.0598. The molecule has 1 atom stereocenters. The van der Waals surface area contributed by atoms with Gasteiger partial charge < -0.3 is 9.63 Å². The van der Waals surface area contributed by atoms with Gasteiger partial charge in [0.2, 0.25) is 5.92 Å². The monoisotopic (exact) mass is 218 g/mol. The largest absolute Gasteiger partial charge is 0.474 e. The molecule has 1 heterocycles. The van der Waals surface area contributed by atoms with Crippen LogP contribution in [0.25, 0.3) is 0 Å². The minimum Gasteiger partial charge on any atom is -0.474 e. The lowest BCUT2D eigenvalue weighted by Gasteiger charge is -2.06. The zero-order valence-corrected chi connectivity index (χ0v) is 7.61. The number of alkyl halides is 2. The molecule has 7 heteroatoms. The Morgan fingerprint density at radius 1 is 1.60 bits per heavy atom. The van der Waals surface area contributed by atoms with Crippen molar-refractivity contribution in [1.29, 1.82) is 0 Å². The molecule has 1 aliphatic rings. The maximum Gasteiger partial charge on any atom is 0.394 e. The van der Waals surface area contributed by atoms with Gasteiger partial charge in [-0.3, -0.25) is 0 Å². The van der Waals surface area contributed by atoms with Gasteiger partial charge >= 0.3 is 11.9 Å². The molecule has 0 bridgehead atoms. The lowest BCUT2D eigenvalue weighted by Crippen LogP contribution is -2.09. The van der Waals surface area contributed by atoms with E-state index in [0.29, 0.717) is 0 Å². The molecule has 1 saturated carbocycles. The molecule has 0 saturated heterocycles. The highest BCUT2D eigenvalue weighted by molar-refractivity contribution is 5.81. The molecule has 0 radical (unpaired) electrons. The van der Waals surface area contributed by atoms with Crippen LogP contribution in [0.5, 0.6) is 0 Å². The minimum atomic E-state index is -2.70. The SMILES string of the molecule is O=C(O)c1nc(C2CCC(F)(F)C2)no1. The number of carbonyl (C=O) groups is 1. The second-order valence-corrected chi connectivity index (χ2v) is 3.56. The first kappa shape index (κ1) is 10.0. The number of halogens is 2. The fourth-order valence-corrected chi connectivity index (χ4v) is 1.66. The number of aromatic nitrogens is 2. The van der Waals surface area contributed by atoms with Crippen LogP contribution in [0.3, 0.4) is 0 Å². The van der Waals surface area contributed by atoms with Crippen LogP contribution in [0.15, 0.2) is 4.52 Å². The Bertz CT molecular complexity index is 391. The molecule has 1 unspecified atom stereocenters. The predicted molar refractivity (Wildman–Crippen MR) is 42.8 cm³/mol. The molecule has 82 valence electrons. The maximum absolute atomic E-state index is 12.8. The van der Waals surface area contributed by atoms with Crippen molar-refractivity contribution >= 4 is 5.97 Å². The van der Waals surface area contributed by atoms with Crippen LogP contribution in [-0.4, -0.2) is 27.1 Å². The standard InChI is InChI=1S/C8H8F2N2O3/c9-8(10)2-1-4(3-8)5-11-6(7(13)14)15-12-5/h4H,1-3H2,(H,13,14). The van der Waals surface area contributed by atoms with Crippen LogP contribution >= 0.6 is 0 Å². The van der Waals surface area contributed by atoms with Crippen molar-refractivity contribution in [3.63, 3.8) is 0 Å². The highest BCUT2D eigenvalue weighted by Crippen LogP contribution is 2.43. The van der Waals surface area contributed by atoms with Crippen LogP contribution in [0.2, 0.25) is 0 Å². The first-order chi connectivity index (χ1) is 6.98. The number of carboxylic acids is 1. The number of nitrogens with zero attached hydrogens (tertiary/aromatic N) is 2. The molecule has 1 aromatic rings. The quantitative estimate of drug-likeness (QED) is 0.816. The zero-order valence-electron chi connectivity index (χ0n) is 7.61. The highest BCUT2D eigenvalue weighted by atomic mass is 19.3. The van der Waals surface area contributed by atoms with Crippen LogP contribution < -0.4 is 0 Å². The summed E-state index contributed by atoms with van der Waals surface area (Å²) in [7, 11) is 0. The van der Waals surface area contributed by atoms with E-state index in [1.54, 1.807) is 0 Å². The molecule has 15 heavy (non-hydrogen) atoms. The topological polar surface area (TPSA) is 76.2 Å². The number of rotatable bonds is 2. The number of hydrogen-bond acceptors (Lipinski definition) is 4. The Morgan fingerprint density at radius 2 is 2.33 bits per heavy atom. The number of carboxylic acid groups (broad SMARTS) is 1. The first-order valence-electron chi connectivity index (χ1n) is 4.43. The van der Waals surface area contributed by atoms with Gasteiger partial charge in [0.1, 0.15) is 0 Å². The molecule has 0 amide bonds. The average molecular weight is 218 g/mol. The van der Waals surface area contributed by atoms with Crippen molar-refractivity contribution in [2.24, 2.45) is 0 Å². The summed E-state index contributed by atoms with van der Waals surface area (Å²) in [5, 5.41) is 11.9. The van der Waals surface area contributed by atoms with Gasteiger partial charge in [-0.05, 0) is 6.42 Å². The van der Waals surface area contributed by atoms with E-state index in [0.717, 1.165) is 0 Å². The Hall–Kier alpha value is -1.53. The van der Waals surface area contributed by atoms with Crippen LogP contribution in [0, 0.1) is 0 Å². The van der Waals surface area contributed by atoms with Gasteiger partial charge in [-0.25, -0.2) is 13.6 Å². The maximum atomic E-state index is 12.8. The first-order valence-corrected chi connectivity index (χ1v) is 4.43. The third-order valence-corrected chi connectivity index (χ3v) is 2.39. The van der Waals surface area contributed by atoms with Gasteiger partial charge in [-0.2, -0.15) is 4.98 Å². The van der Waals surface area contributed by atoms with E-state index in [9.17, 15) is 13.6 Å². The smallest absolute Gasteiger partial charge is 0.394 e. The second kappa shape index (κ2) is 3.25. The van der Waals surface area contributed by atoms with Crippen LogP contribution in [0.4, 0.5) is 8.78 Å². The average Bonchev–Trinajstić information content (AvgIpc) is 2.70. The summed E-state index contributed by atoms with van der Waals surface area (Å²) in [5.41, 5.74) is 0. The van der Waals surface area contributed by atoms with E-state index in [1.807, 2.05) is 0 Å². The number of hydrogen-bond donors (Lipinski definition) is 1. The van der Waals surface area contributed by atoms with Gasteiger partial charge in [-0.15, -0.1) is 0 Å². The molecule has 0 spiro atoms. The molecular formula is C8H8F2N2O3. The molecular weight excluding hydrogens is 210 g/mol. The second-order valence-electron chi connectivity index (χ2n) is 3.56. The van der Waals surface area contributed by atoms with Crippen molar-refractivity contribution in [2.75, 3.05) is 0 Å². The fourth-order valence-electron chi connectivity index (χ4n) is 1.66. The summed E-state index contributed by atoms with van der Waals surface area (Å²) in [5.74, 6) is -5.05. The predicted octanol–water partition coefficient (Wildman–Crippen LogP) is 1.67. The Labute approximate surface area is 83.1 Å². The van der Waals surface area contributed by atoms with Crippen LogP contribution in [-0.2, 0) is 0 Å². The molecule has 1 N–H and O–H groups in total. The van der Waals surface area contributed by atoms with Crippen molar-refractivity contribution in [3.05, 3.63) is 11.7 Å². The normalized spacial score (nSPS) is 24.3. The van der Waals surface area contributed by atoms with Gasteiger partial charge in [0.05, 0.1) is 0 Å². The number of aromatic carboxylic acids is 1. The summed E-state index contributed by atoms with van der Waals surface area (Å²) >= 11 is 0. The Kier molecular flexibility index (Phi) is 2.17. The van der Waals surface area contributed by atoms with E-state index >= 15 is 0 Å². The fraction of sp³-hybridized carbons (Fsp3) is 0.625. The van der Waals surface area contributed by atoms with Gasteiger partial charge in [0.25, 0.3) is 0 Å². The van der Waals surface area contributed by atoms with Crippen molar-refractivity contribution in [2.45, 2.75) is 31.1 Å². The summed E-state index contributed by atoms with van der Waals surface area (Å²) in [6.45, 7) is 0. The summed E-state index contributed by atoms with van der Waals surface area (Å²) in [6.07, 6.45) is -0.300. The Morgan fingerprint density at radius 3 is 2.80 bits per heavy atom. The van der Waals surface area contributed by atoms with Crippen LogP contribution in [0.1, 0.15) is 41.7 Å². The third kappa shape index (κ3) is 1.95. The Balaban J connectivity index is 2.14. The van der Waals surface area contributed by atoms with E-state index in [2.05, 4.69) is 14.7 Å². The van der Waals surface area contributed by atoms with Crippen molar-refractivity contribution in [3.8, 4) is 0 Å². The summed E-state index contributed by atoms with van der Waals surface area (Å²) in [6, 6.07) is 0. The molecule has 2 rings (SSSR count). The van der Waals surface area contributed by atoms with E-state index in [1.165, 1.54) is 0 Å². The molecule has 5 nitrogen and oxygen atoms in total. The summed E-state index contributed by atoms with van der Waals surface area (Å²) < 4.78 is 30.1. The molecule has 1 aromatic heterocycles. The molecule has 1 fully saturated rings. The lowest BCUT2D eigenvalue weighted by molar-refractivity contribution is 0.00748. The van der Waals surface area contributed by atoms with E-state index in [-0.39, 0.29) is 25.1 Å². The molecule has 1 aliphatic carbocycles. The van der Waals surface area contributed by atoms with Gasteiger partial charge in [-0.1, -0.05) is 5.16 Å².